The van der Waals surface area contributed by atoms with Gasteiger partial charge in [0.25, 0.3) is 0 Å². The average Bonchev–Trinajstić information content (AvgIpc) is 2.26. The van der Waals surface area contributed by atoms with E-state index in [1.165, 1.54) is 0 Å². The molecule has 1 N–H and O–H groups in total. The molecule has 0 saturated carbocycles. The molecular weight excluding hydrogens is 194 g/mol. The smallest absolute Gasteiger partial charge is 0.244 e. The third kappa shape index (κ3) is 2.92. The maximum atomic E-state index is 11.2. The molecule has 0 aliphatic carbocycles. The zero-order chi connectivity index (χ0) is 10.4. The Morgan fingerprint density at radius 1 is 1.36 bits per heavy atom. The van der Waals surface area contributed by atoms with Crippen LogP contribution in [0.3, 0.4) is 0 Å². The summed E-state index contributed by atoms with van der Waals surface area (Å²) in [5.74, 6) is -0.0711. The molecule has 1 aromatic rings. The highest BCUT2D eigenvalue weighted by Gasteiger charge is 2.01. The van der Waals surface area contributed by atoms with E-state index in [1.54, 1.807) is 24.9 Å². The summed E-state index contributed by atoms with van der Waals surface area (Å²) in [7, 11) is 1.63. The van der Waals surface area contributed by atoms with Gasteiger partial charge in [-0.3, -0.25) is 4.79 Å². The van der Waals surface area contributed by atoms with Gasteiger partial charge >= 0.3 is 0 Å². The van der Waals surface area contributed by atoms with Crippen LogP contribution < -0.4 is 5.32 Å². The van der Waals surface area contributed by atoms with E-state index >= 15 is 0 Å². The minimum Gasteiger partial charge on any atom is -0.356 e. The van der Waals surface area contributed by atoms with E-state index in [2.05, 4.69) is 5.32 Å². The third-order valence-corrected chi connectivity index (χ3v) is 2.58. The van der Waals surface area contributed by atoms with Crippen LogP contribution in [0.15, 0.2) is 36.4 Å². The van der Waals surface area contributed by atoms with Gasteiger partial charge in [0.2, 0.25) is 5.91 Å². The van der Waals surface area contributed by atoms with Crippen LogP contribution in [-0.4, -0.2) is 19.2 Å². The van der Waals surface area contributed by atoms with Gasteiger partial charge in [-0.25, -0.2) is 0 Å². The number of hydrogen-bond donors (Lipinski definition) is 1. The zero-order valence-electron chi connectivity index (χ0n) is 8.28. The average molecular weight is 207 g/mol. The van der Waals surface area contributed by atoms with Crippen molar-refractivity contribution in [3.63, 3.8) is 0 Å². The molecule has 0 heterocycles. The first kappa shape index (κ1) is 10.9. The van der Waals surface area contributed by atoms with E-state index in [4.69, 9.17) is 0 Å². The van der Waals surface area contributed by atoms with Crippen LogP contribution in [-0.2, 0) is 4.79 Å². The van der Waals surface area contributed by atoms with Crippen LogP contribution in [0.5, 0.6) is 0 Å². The first-order valence-electron chi connectivity index (χ1n) is 4.30. The molecule has 74 valence electrons. The largest absolute Gasteiger partial charge is 0.356 e. The predicted molar refractivity (Wildman–Crippen MR) is 62.0 cm³/mol. The van der Waals surface area contributed by atoms with E-state index < -0.39 is 0 Å². The number of nitrogens with one attached hydrogen (secondary N) is 1. The molecule has 0 fully saturated rings. The van der Waals surface area contributed by atoms with Gasteiger partial charge in [-0.05, 0) is 11.8 Å². The van der Waals surface area contributed by atoms with Crippen molar-refractivity contribution in [2.45, 2.75) is 0 Å². The van der Waals surface area contributed by atoms with Crippen LogP contribution in [0, 0.1) is 0 Å². The molecule has 2 nitrogen and oxygen atoms in total. The van der Waals surface area contributed by atoms with Crippen LogP contribution in [0.2, 0.25) is 0 Å². The highest BCUT2D eigenvalue weighted by molar-refractivity contribution is 8.07. The lowest BCUT2D eigenvalue weighted by Crippen LogP contribution is -2.14. The van der Waals surface area contributed by atoms with Gasteiger partial charge in [-0.2, -0.15) is 0 Å². The Kier molecular flexibility index (Phi) is 4.26. The Morgan fingerprint density at radius 3 is 2.50 bits per heavy atom. The van der Waals surface area contributed by atoms with E-state index in [9.17, 15) is 4.79 Å². The van der Waals surface area contributed by atoms with Crippen LogP contribution in [0.4, 0.5) is 0 Å². The fourth-order valence-electron chi connectivity index (χ4n) is 1.05. The van der Waals surface area contributed by atoms with E-state index in [0.717, 1.165) is 10.5 Å². The molecule has 0 atom stereocenters. The summed E-state index contributed by atoms with van der Waals surface area (Å²) < 4.78 is 0. The Bertz CT molecular complexity index is 332. The molecule has 0 bridgehead atoms. The molecule has 0 aliphatic heterocycles. The summed E-state index contributed by atoms with van der Waals surface area (Å²) in [6.45, 7) is 0. The Labute approximate surface area is 88.4 Å². The van der Waals surface area contributed by atoms with Crippen molar-refractivity contribution in [2.24, 2.45) is 0 Å². The third-order valence-electron chi connectivity index (χ3n) is 1.79. The van der Waals surface area contributed by atoms with Gasteiger partial charge in [0.05, 0.1) is 0 Å². The van der Waals surface area contributed by atoms with Crippen molar-refractivity contribution < 1.29 is 4.79 Å². The number of likely N-dealkylation sites (N-methyl/N-ethyl adjacent to an activating group) is 1. The van der Waals surface area contributed by atoms with Crippen LogP contribution in [0.25, 0.3) is 4.91 Å². The fraction of sp³-hybridized carbons (Fsp3) is 0.182. The predicted octanol–water partition coefficient (Wildman–Crippen LogP) is 2.14. The normalized spacial score (nSPS) is 11.1. The van der Waals surface area contributed by atoms with Crippen LogP contribution >= 0.6 is 11.8 Å². The molecule has 1 rings (SSSR count). The second kappa shape index (κ2) is 5.50. The number of carbonyl (C=O) groups excluding carboxylic acids is 1. The minimum atomic E-state index is -0.0711. The van der Waals surface area contributed by atoms with Gasteiger partial charge in [0, 0.05) is 18.0 Å². The highest BCUT2D eigenvalue weighted by Crippen LogP contribution is 2.24. The molecular formula is C11H13NOS. The monoisotopic (exact) mass is 207 g/mol. The minimum absolute atomic E-state index is 0.0711. The standard InChI is InChI=1S/C11H13NOS/c1-12-11(13)8-10(14-2)9-6-4-3-5-7-9/h3-8H,1-2H3,(H,12,13)/b10-8+. The molecule has 3 heteroatoms. The summed E-state index contributed by atoms with van der Waals surface area (Å²) in [4.78, 5) is 12.1. The number of benzene rings is 1. The molecule has 0 aromatic heterocycles. The van der Waals surface area contributed by atoms with Gasteiger partial charge in [-0.1, -0.05) is 30.3 Å². The molecule has 14 heavy (non-hydrogen) atoms. The Balaban J connectivity index is 2.93. The van der Waals surface area contributed by atoms with Gasteiger partial charge < -0.3 is 5.32 Å². The van der Waals surface area contributed by atoms with Crippen LogP contribution in [0.1, 0.15) is 5.56 Å². The second-order valence-corrected chi connectivity index (χ2v) is 3.54. The highest BCUT2D eigenvalue weighted by atomic mass is 32.2. The van der Waals surface area contributed by atoms with Crippen molar-refractivity contribution in [3.8, 4) is 0 Å². The molecule has 0 saturated heterocycles. The van der Waals surface area contributed by atoms with E-state index in [1.807, 2.05) is 36.6 Å². The number of hydrogen-bond acceptors (Lipinski definition) is 2. The molecule has 0 unspecified atom stereocenters. The molecule has 1 amide bonds. The Morgan fingerprint density at radius 2 is 2.00 bits per heavy atom. The topological polar surface area (TPSA) is 29.1 Å². The quantitative estimate of drug-likeness (QED) is 0.769. The number of rotatable bonds is 3. The lowest BCUT2D eigenvalue weighted by atomic mass is 10.2. The maximum absolute atomic E-state index is 11.2. The summed E-state index contributed by atoms with van der Waals surface area (Å²) in [6, 6.07) is 9.87. The van der Waals surface area contributed by atoms with Gasteiger partial charge in [0.15, 0.2) is 0 Å². The molecule has 0 aliphatic rings. The van der Waals surface area contributed by atoms with E-state index in [0.29, 0.717) is 0 Å². The van der Waals surface area contributed by atoms with Crippen molar-refractivity contribution in [2.75, 3.05) is 13.3 Å². The zero-order valence-corrected chi connectivity index (χ0v) is 9.10. The summed E-state index contributed by atoms with van der Waals surface area (Å²) in [5, 5.41) is 2.57. The molecule has 1 aromatic carbocycles. The van der Waals surface area contributed by atoms with E-state index in [-0.39, 0.29) is 5.91 Å². The first-order valence-corrected chi connectivity index (χ1v) is 5.53. The molecule has 0 radical (unpaired) electrons. The van der Waals surface area contributed by atoms with Crippen molar-refractivity contribution >= 4 is 22.6 Å². The summed E-state index contributed by atoms with van der Waals surface area (Å²) in [5.41, 5.74) is 1.07. The summed E-state index contributed by atoms with van der Waals surface area (Å²) >= 11 is 1.57. The number of carbonyl (C=O) groups is 1. The van der Waals surface area contributed by atoms with Gasteiger partial charge in [-0.15, -0.1) is 11.8 Å². The van der Waals surface area contributed by atoms with Crippen molar-refractivity contribution in [1.82, 2.24) is 5.32 Å². The van der Waals surface area contributed by atoms with Crippen molar-refractivity contribution in [1.29, 1.82) is 0 Å². The maximum Gasteiger partial charge on any atom is 0.244 e. The lowest BCUT2D eigenvalue weighted by Gasteiger charge is -2.03. The van der Waals surface area contributed by atoms with Gasteiger partial charge in [0.1, 0.15) is 0 Å². The van der Waals surface area contributed by atoms with Crippen molar-refractivity contribution in [3.05, 3.63) is 42.0 Å². The SMILES string of the molecule is CNC(=O)/C=C(/SC)c1ccccc1. The first-order chi connectivity index (χ1) is 6.77. The lowest BCUT2D eigenvalue weighted by molar-refractivity contribution is -0.115. The number of thioether (sulfide) groups is 1. The fourth-order valence-corrected chi connectivity index (χ4v) is 1.65. The molecule has 0 spiro atoms. The summed E-state index contributed by atoms with van der Waals surface area (Å²) in [6.07, 6.45) is 3.57. The second-order valence-electron chi connectivity index (χ2n) is 2.69. The number of amides is 1. The Hall–Kier alpha value is -1.22.